The average molecular weight is 217 g/mol. The number of amides is 1. The van der Waals surface area contributed by atoms with Gasteiger partial charge in [0.05, 0.1) is 12.7 Å². The molecule has 0 aromatic carbocycles. The van der Waals surface area contributed by atoms with Crippen molar-refractivity contribution in [2.75, 3.05) is 20.3 Å². The van der Waals surface area contributed by atoms with Crippen LogP contribution < -0.4 is 5.32 Å². The van der Waals surface area contributed by atoms with Crippen LogP contribution in [0, 0.1) is 0 Å². The fourth-order valence-corrected chi connectivity index (χ4v) is 1.03. The molecule has 0 rings (SSSR count). The van der Waals surface area contributed by atoms with Crippen molar-refractivity contribution < 1.29 is 19.4 Å². The molecule has 2 N–H and O–H groups in total. The molecular formula is C10H19NO4. The summed E-state index contributed by atoms with van der Waals surface area (Å²) in [5.74, 6) is -0.153. The number of carbonyl (C=O) groups excluding carboxylic acids is 2. The van der Waals surface area contributed by atoms with Gasteiger partial charge in [-0.3, -0.25) is 4.79 Å². The van der Waals surface area contributed by atoms with Crippen molar-refractivity contribution in [2.45, 2.75) is 32.3 Å². The quantitative estimate of drug-likeness (QED) is 0.594. The number of aliphatic hydroxyl groups is 1. The van der Waals surface area contributed by atoms with Crippen LogP contribution in [0.3, 0.4) is 0 Å². The van der Waals surface area contributed by atoms with Gasteiger partial charge < -0.3 is 20.0 Å². The second kappa shape index (κ2) is 8.38. The molecule has 5 nitrogen and oxygen atoms in total. The second-order valence-electron chi connectivity index (χ2n) is 3.45. The zero-order valence-corrected chi connectivity index (χ0v) is 9.28. The summed E-state index contributed by atoms with van der Waals surface area (Å²) >= 11 is 0. The molecule has 1 unspecified atom stereocenters. The third-order valence-corrected chi connectivity index (χ3v) is 1.86. The minimum atomic E-state index is -0.553. The SMILES string of the molecule is COCC(O)CCNC(=O)CCC(C)=O. The van der Waals surface area contributed by atoms with Gasteiger partial charge in [0.15, 0.2) is 0 Å². The van der Waals surface area contributed by atoms with Crippen LogP contribution in [0.2, 0.25) is 0 Å². The van der Waals surface area contributed by atoms with E-state index in [2.05, 4.69) is 5.32 Å². The summed E-state index contributed by atoms with van der Waals surface area (Å²) in [5, 5.41) is 11.9. The number of nitrogens with one attached hydrogen (secondary N) is 1. The molecule has 0 fully saturated rings. The molecule has 5 heteroatoms. The minimum absolute atomic E-state index is 0.00423. The Balaban J connectivity index is 3.42. The van der Waals surface area contributed by atoms with Gasteiger partial charge in [0.25, 0.3) is 0 Å². The molecule has 88 valence electrons. The summed E-state index contributed by atoms with van der Waals surface area (Å²) in [4.78, 5) is 21.7. The lowest BCUT2D eigenvalue weighted by Gasteiger charge is -2.09. The predicted octanol–water partition coefficient (Wildman–Crippen LogP) is -0.131. The topological polar surface area (TPSA) is 75.6 Å². The van der Waals surface area contributed by atoms with E-state index in [0.29, 0.717) is 13.0 Å². The molecule has 0 aromatic heterocycles. The molecule has 0 radical (unpaired) electrons. The predicted molar refractivity (Wildman–Crippen MR) is 55.4 cm³/mol. The minimum Gasteiger partial charge on any atom is -0.391 e. The number of Topliss-reactive ketones (excluding diaryl/α,β-unsaturated/α-hetero) is 1. The summed E-state index contributed by atoms with van der Waals surface area (Å²) in [7, 11) is 1.51. The Kier molecular flexibility index (Phi) is 7.85. The number of rotatable bonds is 8. The Morgan fingerprint density at radius 2 is 2.07 bits per heavy atom. The Morgan fingerprint density at radius 1 is 1.40 bits per heavy atom. The van der Waals surface area contributed by atoms with E-state index in [0.717, 1.165) is 0 Å². The van der Waals surface area contributed by atoms with Crippen LogP contribution in [0.4, 0.5) is 0 Å². The van der Waals surface area contributed by atoms with Crippen LogP contribution in [0.5, 0.6) is 0 Å². The summed E-state index contributed by atoms with van der Waals surface area (Å²) in [6, 6.07) is 0. The lowest BCUT2D eigenvalue weighted by atomic mass is 10.2. The normalized spacial score (nSPS) is 12.2. The number of ether oxygens (including phenoxy) is 1. The molecule has 1 atom stereocenters. The Morgan fingerprint density at radius 3 is 2.60 bits per heavy atom. The standard InChI is InChI=1S/C10H19NO4/c1-8(12)3-4-10(14)11-6-5-9(13)7-15-2/h9,13H,3-7H2,1-2H3,(H,11,14). The van der Waals surface area contributed by atoms with Gasteiger partial charge in [-0.05, 0) is 13.3 Å². The van der Waals surface area contributed by atoms with Crippen molar-refractivity contribution in [3.05, 3.63) is 0 Å². The first-order valence-electron chi connectivity index (χ1n) is 4.99. The Hall–Kier alpha value is -0.940. The number of methoxy groups -OCH3 is 1. The van der Waals surface area contributed by atoms with Gasteiger partial charge in [-0.15, -0.1) is 0 Å². The highest BCUT2D eigenvalue weighted by atomic mass is 16.5. The second-order valence-corrected chi connectivity index (χ2v) is 3.45. The van der Waals surface area contributed by atoms with Crippen molar-refractivity contribution in [1.29, 1.82) is 0 Å². The lowest BCUT2D eigenvalue weighted by molar-refractivity contribution is -0.124. The summed E-state index contributed by atoms with van der Waals surface area (Å²) in [6.07, 6.45) is 0.394. The lowest BCUT2D eigenvalue weighted by Crippen LogP contribution is -2.28. The average Bonchev–Trinajstić information content (AvgIpc) is 2.15. The van der Waals surface area contributed by atoms with E-state index in [1.807, 2.05) is 0 Å². The van der Waals surface area contributed by atoms with Crippen LogP contribution in [-0.4, -0.2) is 43.2 Å². The monoisotopic (exact) mass is 217 g/mol. The van der Waals surface area contributed by atoms with E-state index < -0.39 is 6.10 Å². The molecule has 0 aliphatic heterocycles. The van der Waals surface area contributed by atoms with E-state index in [4.69, 9.17) is 4.74 Å². The van der Waals surface area contributed by atoms with Gasteiger partial charge in [0, 0.05) is 26.5 Å². The number of aliphatic hydroxyl groups excluding tert-OH is 1. The van der Waals surface area contributed by atoms with E-state index >= 15 is 0 Å². The molecule has 0 aliphatic rings. The molecule has 0 saturated carbocycles. The highest BCUT2D eigenvalue weighted by molar-refractivity contribution is 5.83. The van der Waals surface area contributed by atoms with Gasteiger partial charge in [-0.25, -0.2) is 0 Å². The molecule has 0 bridgehead atoms. The van der Waals surface area contributed by atoms with Gasteiger partial charge >= 0.3 is 0 Å². The van der Waals surface area contributed by atoms with Crippen molar-refractivity contribution >= 4 is 11.7 Å². The van der Waals surface area contributed by atoms with Crippen LogP contribution >= 0.6 is 0 Å². The Labute approximate surface area is 89.8 Å². The molecular weight excluding hydrogens is 198 g/mol. The summed E-state index contributed by atoms with van der Waals surface area (Å²) in [5.41, 5.74) is 0. The number of carbonyl (C=O) groups is 2. The molecule has 15 heavy (non-hydrogen) atoms. The number of hydrogen-bond acceptors (Lipinski definition) is 4. The number of hydrogen-bond donors (Lipinski definition) is 2. The van der Waals surface area contributed by atoms with Crippen molar-refractivity contribution in [2.24, 2.45) is 0 Å². The Bertz CT molecular complexity index is 206. The van der Waals surface area contributed by atoms with E-state index in [9.17, 15) is 14.7 Å². The summed E-state index contributed by atoms with van der Waals surface area (Å²) < 4.78 is 4.73. The molecule has 0 spiro atoms. The number of ketones is 1. The van der Waals surface area contributed by atoms with Gasteiger partial charge in [-0.2, -0.15) is 0 Å². The fourth-order valence-electron chi connectivity index (χ4n) is 1.03. The summed E-state index contributed by atoms with van der Waals surface area (Å²) in [6.45, 7) is 2.13. The molecule has 0 saturated heterocycles. The third kappa shape index (κ3) is 9.37. The maximum atomic E-state index is 11.1. The molecule has 0 aliphatic carbocycles. The van der Waals surface area contributed by atoms with E-state index in [1.165, 1.54) is 14.0 Å². The van der Waals surface area contributed by atoms with Crippen LogP contribution in [-0.2, 0) is 14.3 Å². The van der Waals surface area contributed by atoms with Gasteiger partial charge in [0.2, 0.25) is 5.91 Å². The van der Waals surface area contributed by atoms with Gasteiger partial charge in [0.1, 0.15) is 5.78 Å². The zero-order valence-electron chi connectivity index (χ0n) is 9.28. The van der Waals surface area contributed by atoms with Crippen molar-refractivity contribution in [3.63, 3.8) is 0 Å². The van der Waals surface area contributed by atoms with Crippen molar-refractivity contribution in [1.82, 2.24) is 5.32 Å². The van der Waals surface area contributed by atoms with E-state index in [1.54, 1.807) is 0 Å². The molecule has 0 heterocycles. The third-order valence-electron chi connectivity index (χ3n) is 1.86. The van der Waals surface area contributed by atoms with Crippen LogP contribution in [0.15, 0.2) is 0 Å². The largest absolute Gasteiger partial charge is 0.391 e. The molecule has 0 aromatic rings. The fraction of sp³-hybridized carbons (Fsp3) is 0.800. The van der Waals surface area contributed by atoms with E-state index in [-0.39, 0.29) is 31.1 Å². The highest BCUT2D eigenvalue weighted by Crippen LogP contribution is 1.93. The molecule has 1 amide bonds. The highest BCUT2D eigenvalue weighted by Gasteiger charge is 2.05. The zero-order chi connectivity index (χ0) is 11.7. The van der Waals surface area contributed by atoms with Crippen LogP contribution in [0.1, 0.15) is 26.2 Å². The van der Waals surface area contributed by atoms with Crippen molar-refractivity contribution in [3.8, 4) is 0 Å². The smallest absolute Gasteiger partial charge is 0.220 e. The first-order valence-corrected chi connectivity index (χ1v) is 4.99. The maximum absolute atomic E-state index is 11.1. The first-order chi connectivity index (χ1) is 7.06. The maximum Gasteiger partial charge on any atom is 0.220 e. The first kappa shape index (κ1) is 14.1. The van der Waals surface area contributed by atoms with Gasteiger partial charge in [-0.1, -0.05) is 0 Å². The van der Waals surface area contributed by atoms with Crippen LogP contribution in [0.25, 0.3) is 0 Å².